The van der Waals surface area contributed by atoms with Crippen LogP contribution in [0.25, 0.3) is 0 Å². The first-order valence-corrected chi connectivity index (χ1v) is 9.24. The minimum absolute atomic E-state index is 0.0315. The molecule has 0 bridgehead atoms. The Hall–Kier alpha value is -2.29. The number of benzene rings is 2. The molecule has 0 spiro atoms. The third-order valence-corrected chi connectivity index (χ3v) is 4.88. The Morgan fingerprint density at radius 3 is 2.52 bits per heavy atom. The zero-order chi connectivity index (χ0) is 17.6. The van der Waals surface area contributed by atoms with Gasteiger partial charge in [-0.15, -0.1) is 0 Å². The first-order valence-electron chi connectivity index (χ1n) is 9.24. The average molecular weight is 337 g/mol. The van der Waals surface area contributed by atoms with Gasteiger partial charge in [-0.3, -0.25) is 4.79 Å². The van der Waals surface area contributed by atoms with Gasteiger partial charge in [-0.25, -0.2) is 0 Å². The average Bonchev–Trinajstić information content (AvgIpc) is 2.66. The van der Waals surface area contributed by atoms with E-state index < -0.39 is 6.10 Å². The van der Waals surface area contributed by atoms with E-state index >= 15 is 0 Å². The number of amides is 1. The maximum absolute atomic E-state index is 12.8. The number of carbonyl (C=O) groups is 1. The summed E-state index contributed by atoms with van der Waals surface area (Å²) in [5.74, 6) is 0.845. The largest absolute Gasteiger partial charge is 0.481 e. The van der Waals surface area contributed by atoms with E-state index in [1.165, 1.54) is 24.0 Å². The van der Waals surface area contributed by atoms with E-state index in [4.69, 9.17) is 4.74 Å². The standard InChI is InChI=1S/C22H27NO2/c1-3-21(22(24)23(2)16-17-9-5-4-6-10-17)25-20-14-13-18-11-7-8-12-19(18)15-20/h4-6,9-10,13-15,21H,3,7-8,11-12,16H2,1-2H3/t21-/m1/s1. The van der Waals surface area contributed by atoms with Crippen molar-refractivity contribution in [3.63, 3.8) is 0 Å². The molecule has 25 heavy (non-hydrogen) atoms. The highest BCUT2D eigenvalue weighted by Gasteiger charge is 2.23. The monoisotopic (exact) mass is 337 g/mol. The minimum Gasteiger partial charge on any atom is -0.481 e. The number of hydrogen-bond acceptors (Lipinski definition) is 2. The minimum atomic E-state index is -0.435. The lowest BCUT2D eigenvalue weighted by Gasteiger charge is -2.25. The van der Waals surface area contributed by atoms with Gasteiger partial charge >= 0.3 is 0 Å². The van der Waals surface area contributed by atoms with Crippen LogP contribution in [0.3, 0.4) is 0 Å². The van der Waals surface area contributed by atoms with Crippen molar-refractivity contribution in [1.29, 1.82) is 0 Å². The maximum Gasteiger partial charge on any atom is 0.263 e. The summed E-state index contributed by atoms with van der Waals surface area (Å²) >= 11 is 0. The van der Waals surface area contributed by atoms with Crippen LogP contribution in [0.4, 0.5) is 0 Å². The third-order valence-electron chi connectivity index (χ3n) is 4.88. The summed E-state index contributed by atoms with van der Waals surface area (Å²) in [5.41, 5.74) is 3.94. The van der Waals surface area contributed by atoms with Gasteiger partial charge in [0.05, 0.1) is 0 Å². The summed E-state index contributed by atoms with van der Waals surface area (Å²) < 4.78 is 6.06. The van der Waals surface area contributed by atoms with Crippen LogP contribution in [0.5, 0.6) is 5.75 Å². The fourth-order valence-corrected chi connectivity index (χ4v) is 3.44. The lowest BCUT2D eigenvalue weighted by atomic mass is 9.92. The summed E-state index contributed by atoms with van der Waals surface area (Å²) in [6.45, 7) is 2.60. The third kappa shape index (κ3) is 4.41. The molecule has 2 aromatic rings. The maximum atomic E-state index is 12.8. The van der Waals surface area contributed by atoms with Crippen LogP contribution >= 0.6 is 0 Å². The van der Waals surface area contributed by atoms with E-state index in [0.717, 1.165) is 24.2 Å². The highest BCUT2D eigenvalue weighted by molar-refractivity contribution is 5.81. The molecule has 1 amide bonds. The van der Waals surface area contributed by atoms with Crippen LogP contribution in [-0.4, -0.2) is 24.0 Å². The lowest BCUT2D eigenvalue weighted by Crippen LogP contribution is -2.39. The topological polar surface area (TPSA) is 29.5 Å². The van der Waals surface area contributed by atoms with Crippen LogP contribution in [0.1, 0.15) is 42.9 Å². The van der Waals surface area contributed by atoms with Gasteiger partial charge in [0, 0.05) is 13.6 Å². The zero-order valence-electron chi connectivity index (χ0n) is 15.2. The quantitative estimate of drug-likeness (QED) is 0.783. The first-order chi connectivity index (χ1) is 12.2. The van der Waals surface area contributed by atoms with E-state index in [1.807, 2.05) is 50.4 Å². The number of likely N-dealkylation sites (N-methyl/N-ethyl adjacent to an activating group) is 1. The molecular formula is C22H27NO2. The molecule has 0 unspecified atom stereocenters. The Morgan fingerprint density at radius 1 is 1.08 bits per heavy atom. The zero-order valence-corrected chi connectivity index (χ0v) is 15.2. The lowest BCUT2D eigenvalue weighted by molar-refractivity contribution is -0.138. The second-order valence-corrected chi connectivity index (χ2v) is 6.83. The van der Waals surface area contributed by atoms with Crippen molar-refractivity contribution < 1.29 is 9.53 Å². The first kappa shape index (κ1) is 17.5. The van der Waals surface area contributed by atoms with Crippen molar-refractivity contribution in [2.75, 3.05) is 7.05 Å². The number of aryl methyl sites for hydroxylation is 2. The summed E-state index contributed by atoms with van der Waals surface area (Å²) in [6, 6.07) is 16.3. The summed E-state index contributed by atoms with van der Waals surface area (Å²) in [4.78, 5) is 14.5. The van der Waals surface area contributed by atoms with E-state index in [0.29, 0.717) is 13.0 Å². The number of carbonyl (C=O) groups excluding carboxylic acids is 1. The predicted octanol–water partition coefficient (Wildman–Crippen LogP) is 4.38. The van der Waals surface area contributed by atoms with Crippen molar-refractivity contribution in [3.05, 3.63) is 65.2 Å². The fraction of sp³-hybridized carbons (Fsp3) is 0.409. The number of rotatable bonds is 6. The van der Waals surface area contributed by atoms with E-state index in [-0.39, 0.29) is 5.91 Å². The number of fused-ring (bicyclic) bond motifs is 1. The number of hydrogen-bond donors (Lipinski definition) is 0. The van der Waals surface area contributed by atoms with Crippen LogP contribution in [0.2, 0.25) is 0 Å². The molecule has 0 saturated carbocycles. The molecule has 0 heterocycles. The van der Waals surface area contributed by atoms with Gasteiger partial charge in [-0.05, 0) is 60.9 Å². The molecule has 2 aromatic carbocycles. The van der Waals surface area contributed by atoms with Crippen molar-refractivity contribution in [2.24, 2.45) is 0 Å². The van der Waals surface area contributed by atoms with E-state index in [9.17, 15) is 4.79 Å². The molecule has 132 valence electrons. The molecule has 0 saturated heterocycles. The van der Waals surface area contributed by atoms with Gasteiger partial charge in [0.2, 0.25) is 0 Å². The molecule has 1 aliphatic rings. The van der Waals surface area contributed by atoms with Crippen molar-refractivity contribution in [3.8, 4) is 5.75 Å². The molecular weight excluding hydrogens is 310 g/mol. The van der Waals surface area contributed by atoms with Crippen LogP contribution < -0.4 is 4.74 Å². The molecule has 3 rings (SSSR count). The molecule has 0 aromatic heterocycles. The SMILES string of the molecule is CC[C@@H](Oc1ccc2c(c1)CCCC2)C(=O)N(C)Cc1ccccc1. The van der Waals surface area contributed by atoms with Gasteiger partial charge in [0.15, 0.2) is 6.10 Å². The van der Waals surface area contributed by atoms with E-state index in [2.05, 4.69) is 12.1 Å². The second-order valence-electron chi connectivity index (χ2n) is 6.83. The summed E-state index contributed by atoms with van der Waals surface area (Å²) in [5, 5.41) is 0. The Kier molecular flexibility index (Phi) is 5.75. The molecule has 1 aliphatic carbocycles. The Labute approximate surface area is 150 Å². The number of nitrogens with zero attached hydrogens (tertiary/aromatic N) is 1. The van der Waals surface area contributed by atoms with Crippen molar-refractivity contribution in [2.45, 2.75) is 51.7 Å². The molecule has 0 N–H and O–H groups in total. The van der Waals surface area contributed by atoms with Crippen LogP contribution in [-0.2, 0) is 24.2 Å². The normalized spacial score (nSPS) is 14.5. The van der Waals surface area contributed by atoms with Gasteiger partial charge in [0.25, 0.3) is 5.91 Å². The van der Waals surface area contributed by atoms with Crippen LogP contribution in [0, 0.1) is 0 Å². The van der Waals surface area contributed by atoms with Gasteiger partial charge in [-0.1, -0.05) is 43.3 Å². The molecule has 1 atom stereocenters. The predicted molar refractivity (Wildman–Crippen MR) is 101 cm³/mol. The van der Waals surface area contributed by atoms with Gasteiger partial charge in [-0.2, -0.15) is 0 Å². The molecule has 0 radical (unpaired) electrons. The Morgan fingerprint density at radius 2 is 1.80 bits per heavy atom. The second kappa shape index (κ2) is 8.19. The van der Waals surface area contributed by atoms with Crippen molar-refractivity contribution in [1.82, 2.24) is 4.90 Å². The number of ether oxygens (including phenoxy) is 1. The fourth-order valence-electron chi connectivity index (χ4n) is 3.44. The highest BCUT2D eigenvalue weighted by Crippen LogP contribution is 2.26. The van der Waals surface area contributed by atoms with Crippen LogP contribution in [0.15, 0.2) is 48.5 Å². The summed E-state index contributed by atoms with van der Waals surface area (Å²) in [6.07, 6.45) is 5.02. The van der Waals surface area contributed by atoms with Crippen molar-refractivity contribution >= 4 is 5.91 Å². The molecule has 0 aliphatic heterocycles. The van der Waals surface area contributed by atoms with E-state index in [1.54, 1.807) is 4.90 Å². The van der Waals surface area contributed by atoms with Gasteiger partial charge in [0.1, 0.15) is 5.75 Å². The summed E-state index contributed by atoms with van der Waals surface area (Å²) in [7, 11) is 1.84. The molecule has 0 fully saturated rings. The van der Waals surface area contributed by atoms with Gasteiger partial charge < -0.3 is 9.64 Å². The molecule has 3 nitrogen and oxygen atoms in total. The molecule has 3 heteroatoms. The highest BCUT2D eigenvalue weighted by atomic mass is 16.5. The Bertz CT molecular complexity index is 711. The smallest absolute Gasteiger partial charge is 0.263 e. The Balaban J connectivity index is 1.66.